The van der Waals surface area contributed by atoms with Gasteiger partial charge in [-0.1, -0.05) is 345 Å². The van der Waals surface area contributed by atoms with Crippen LogP contribution in [0.1, 0.15) is 354 Å². The Balaban J connectivity index is 1.61. The van der Waals surface area contributed by atoms with Crippen LogP contribution in [0.15, 0.2) is 48.6 Å². The van der Waals surface area contributed by atoms with Gasteiger partial charge in [-0.15, -0.1) is 0 Å². The lowest BCUT2D eigenvalue weighted by molar-refractivity contribution is -0.359. The van der Waals surface area contributed by atoms with E-state index in [2.05, 4.69) is 67.8 Å². The van der Waals surface area contributed by atoms with Gasteiger partial charge in [0.1, 0.15) is 48.8 Å². The highest BCUT2D eigenvalue weighted by Gasteiger charge is 2.51. The van der Waals surface area contributed by atoms with E-state index in [4.69, 9.17) is 18.9 Å². The lowest BCUT2D eigenvalue weighted by Crippen LogP contribution is -2.65. The lowest BCUT2D eigenvalue weighted by atomic mass is 9.97. The maximum absolute atomic E-state index is 13.4. The van der Waals surface area contributed by atoms with Gasteiger partial charge in [-0.3, -0.25) is 4.79 Å². The van der Waals surface area contributed by atoms with Crippen molar-refractivity contribution in [3.63, 3.8) is 0 Å². The molecule has 1 amide bonds. The summed E-state index contributed by atoms with van der Waals surface area (Å²) in [5.41, 5.74) is 0. The third-order valence-electron chi connectivity index (χ3n) is 19.3. The summed E-state index contributed by atoms with van der Waals surface area (Å²) in [5.74, 6) is -0.200. The molecule has 2 fully saturated rings. The van der Waals surface area contributed by atoms with E-state index in [0.717, 1.165) is 77.0 Å². The highest BCUT2D eigenvalue weighted by Crippen LogP contribution is 2.30. The molecule has 2 heterocycles. The molecule has 0 aromatic heterocycles. The minimum Gasteiger partial charge on any atom is -0.394 e. The van der Waals surface area contributed by atoms with Crippen molar-refractivity contribution in [2.45, 2.75) is 428 Å². The Morgan fingerprint density at radius 3 is 1.14 bits per heavy atom. The van der Waals surface area contributed by atoms with E-state index in [9.17, 15) is 45.6 Å². The molecule has 2 aliphatic rings. The first-order chi connectivity index (χ1) is 45.6. The van der Waals surface area contributed by atoms with E-state index in [1.54, 1.807) is 0 Å². The van der Waals surface area contributed by atoms with Crippen LogP contribution in [0.4, 0.5) is 0 Å². The van der Waals surface area contributed by atoms with E-state index in [1.807, 2.05) is 0 Å². The van der Waals surface area contributed by atoms with Gasteiger partial charge in [0.2, 0.25) is 5.91 Å². The molecule has 0 spiro atoms. The van der Waals surface area contributed by atoms with Crippen LogP contribution in [0.2, 0.25) is 0 Å². The van der Waals surface area contributed by atoms with E-state index < -0.39 is 86.8 Å². The number of amides is 1. The molecular formula is C79H147NO13. The van der Waals surface area contributed by atoms with Gasteiger partial charge in [0.15, 0.2) is 12.6 Å². The topological polar surface area (TPSA) is 228 Å². The molecule has 0 bridgehead atoms. The zero-order chi connectivity index (χ0) is 67.3. The molecule has 93 heavy (non-hydrogen) atoms. The van der Waals surface area contributed by atoms with Crippen LogP contribution in [-0.4, -0.2) is 140 Å². The quantitative estimate of drug-likeness (QED) is 0.0204. The van der Waals surface area contributed by atoms with Crippen LogP contribution < -0.4 is 5.32 Å². The first-order valence-electron chi connectivity index (χ1n) is 39.4. The van der Waals surface area contributed by atoms with Gasteiger partial charge in [-0.2, -0.15) is 0 Å². The molecule has 12 atom stereocenters. The number of carbonyl (C=O) groups is 1. The van der Waals surface area contributed by atoms with Gasteiger partial charge in [0.05, 0.1) is 32.0 Å². The van der Waals surface area contributed by atoms with Crippen LogP contribution in [0.3, 0.4) is 0 Å². The third kappa shape index (κ3) is 46.8. The molecule has 2 aliphatic heterocycles. The molecule has 2 saturated heterocycles. The highest BCUT2D eigenvalue weighted by molar-refractivity contribution is 5.76. The molecule has 0 aromatic rings. The lowest BCUT2D eigenvalue weighted by Gasteiger charge is -2.46. The summed E-state index contributed by atoms with van der Waals surface area (Å²) in [6, 6.07) is -0.830. The predicted molar refractivity (Wildman–Crippen MR) is 383 cm³/mol. The fraction of sp³-hybridized carbons (Fsp3) is 0.886. The molecule has 9 N–H and O–H groups in total. The first kappa shape index (κ1) is 87.0. The Bertz CT molecular complexity index is 1750. The Hall–Kier alpha value is -2.05. The third-order valence-corrected chi connectivity index (χ3v) is 19.3. The van der Waals surface area contributed by atoms with Gasteiger partial charge in [-0.05, 0) is 51.4 Å². The van der Waals surface area contributed by atoms with Crippen LogP contribution in [0.25, 0.3) is 0 Å². The Kier molecular flexibility index (Phi) is 59.3. The molecule has 0 aliphatic carbocycles. The monoisotopic (exact) mass is 1320 g/mol. The smallest absolute Gasteiger partial charge is 0.220 e. The molecule has 14 heteroatoms. The highest BCUT2D eigenvalue weighted by atomic mass is 16.7. The normalized spacial score (nSPS) is 22.8. The van der Waals surface area contributed by atoms with Gasteiger partial charge in [-0.25, -0.2) is 0 Å². The van der Waals surface area contributed by atoms with Gasteiger partial charge >= 0.3 is 0 Å². The number of hydrogen-bond donors (Lipinski definition) is 9. The maximum Gasteiger partial charge on any atom is 0.220 e. The second-order valence-corrected chi connectivity index (χ2v) is 27.8. The average molecular weight is 1320 g/mol. The van der Waals surface area contributed by atoms with Crippen molar-refractivity contribution in [3.8, 4) is 0 Å². The minimum atomic E-state index is -1.78. The number of allylic oxidation sites excluding steroid dienone is 8. The van der Waals surface area contributed by atoms with Gasteiger partial charge in [0.25, 0.3) is 0 Å². The molecule has 2 rings (SSSR count). The molecule has 0 saturated carbocycles. The van der Waals surface area contributed by atoms with E-state index in [0.29, 0.717) is 12.8 Å². The van der Waals surface area contributed by atoms with E-state index in [-0.39, 0.29) is 12.5 Å². The zero-order valence-electron chi connectivity index (χ0n) is 59.8. The summed E-state index contributed by atoms with van der Waals surface area (Å²) in [6.07, 6.45) is 67.2. The summed E-state index contributed by atoms with van der Waals surface area (Å²) >= 11 is 0. The second-order valence-electron chi connectivity index (χ2n) is 27.8. The van der Waals surface area contributed by atoms with Gasteiger partial charge < -0.3 is 65.1 Å². The largest absolute Gasteiger partial charge is 0.394 e. The Morgan fingerprint density at radius 1 is 0.398 bits per heavy atom. The summed E-state index contributed by atoms with van der Waals surface area (Å²) in [7, 11) is 0. The number of rotatable bonds is 66. The second kappa shape index (κ2) is 63.4. The number of carbonyl (C=O) groups excluding carboxylic acids is 1. The predicted octanol–water partition coefficient (Wildman–Crippen LogP) is 17.4. The number of nitrogens with one attached hydrogen (secondary N) is 1. The van der Waals surface area contributed by atoms with Crippen LogP contribution in [0.5, 0.6) is 0 Å². The summed E-state index contributed by atoms with van der Waals surface area (Å²) in [6.45, 7) is 2.81. The number of aliphatic hydroxyl groups excluding tert-OH is 8. The fourth-order valence-corrected chi connectivity index (χ4v) is 13.1. The maximum atomic E-state index is 13.4. The molecule has 0 aromatic carbocycles. The number of hydrogen-bond acceptors (Lipinski definition) is 13. The van der Waals surface area contributed by atoms with Crippen molar-refractivity contribution in [2.75, 3.05) is 19.8 Å². The molecule has 12 unspecified atom stereocenters. The van der Waals surface area contributed by atoms with Crippen molar-refractivity contribution < 1.29 is 64.6 Å². The van der Waals surface area contributed by atoms with E-state index >= 15 is 0 Å². The SMILES string of the molecule is CC/C=C\C/C=C\C/C=C\C/C=C\CCCCCCCCCCCCCCCCCCCCCCC(=O)NC(COC1OC(CO)C(OC2OC(CO)C(O)C(O)C2O)C(O)C1O)C(O)CCCCCCCCCCCCCCCCCCCCCCCCCCCC. The Labute approximate surface area is 569 Å². The fourth-order valence-electron chi connectivity index (χ4n) is 13.1. The average Bonchev–Trinajstić information content (AvgIpc) is 0.852. The van der Waals surface area contributed by atoms with Gasteiger partial charge in [0, 0.05) is 6.42 Å². The zero-order valence-corrected chi connectivity index (χ0v) is 59.8. The van der Waals surface area contributed by atoms with E-state index in [1.165, 1.54) is 250 Å². The van der Waals surface area contributed by atoms with Crippen LogP contribution in [-0.2, 0) is 23.7 Å². The van der Waals surface area contributed by atoms with Crippen molar-refractivity contribution in [2.24, 2.45) is 0 Å². The summed E-state index contributed by atoms with van der Waals surface area (Å²) in [5, 5.41) is 87.8. The number of unbranched alkanes of at least 4 members (excludes halogenated alkanes) is 45. The van der Waals surface area contributed by atoms with Crippen molar-refractivity contribution in [3.05, 3.63) is 48.6 Å². The summed E-state index contributed by atoms with van der Waals surface area (Å²) in [4.78, 5) is 13.4. The molecule has 0 radical (unpaired) electrons. The molecule has 546 valence electrons. The van der Waals surface area contributed by atoms with Crippen molar-refractivity contribution >= 4 is 5.91 Å². The Morgan fingerprint density at radius 2 is 0.742 bits per heavy atom. The summed E-state index contributed by atoms with van der Waals surface area (Å²) < 4.78 is 23.0. The standard InChI is InChI=1S/C79H147NO13/c1-3-5-7-9-11-13-15-17-19-21-23-25-27-29-31-32-33-34-35-36-37-39-41-43-45-47-49-51-53-55-57-59-61-63-71(84)80-67(66-90-78-76(89)74(87)77(70(65-82)92-78)93-79-75(88)73(86)72(85)69(64-81)91-79)68(83)62-60-58-56-54-52-50-48-46-44-42-40-38-30-28-26-24-22-20-18-16-14-12-10-8-6-4-2/h5,7,11,13,17,19,23,25,67-70,72-79,81-83,85-89H,3-4,6,8-10,12,14-16,18,20-22,24,26-66H2,1-2H3,(H,80,84)/b7-5-,13-11-,19-17-,25-23-. The van der Waals surface area contributed by atoms with Crippen LogP contribution >= 0.6 is 0 Å². The molecule has 14 nitrogen and oxygen atoms in total. The number of ether oxygens (including phenoxy) is 4. The van der Waals surface area contributed by atoms with Crippen molar-refractivity contribution in [1.29, 1.82) is 0 Å². The molecular weight excluding hydrogens is 1170 g/mol. The number of aliphatic hydroxyl groups is 8. The van der Waals surface area contributed by atoms with Crippen LogP contribution in [0, 0.1) is 0 Å². The minimum absolute atomic E-state index is 0.200. The first-order valence-corrected chi connectivity index (χ1v) is 39.4. The van der Waals surface area contributed by atoms with Crippen molar-refractivity contribution in [1.82, 2.24) is 5.32 Å².